The van der Waals surface area contributed by atoms with Gasteiger partial charge in [-0.15, -0.1) is 11.3 Å². The van der Waals surface area contributed by atoms with E-state index in [-0.39, 0.29) is 21.7 Å². The van der Waals surface area contributed by atoms with E-state index in [1.165, 1.54) is 17.4 Å². The molecule has 1 spiro atoms. The van der Waals surface area contributed by atoms with Crippen molar-refractivity contribution in [1.82, 2.24) is 9.62 Å². The van der Waals surface area contributed by atoms with Crippen molar-refractivity contribution in [2.24, 2.45) is 0 Å². The third kappa shape index (κ3) is 3.11. The molecule has 0 bridgehead atoms. The van der Waals surface area contributed by atoms with Crippen LogP contribution >= 0.6 is 11.3 Å². The lowest BCUT2D eigenvalue weighted by Gasteiger charge is -2.37. The Hall–Kier alpha value is -1.00. The van der Waals surface area contributed by atoms with E-state index in [9.17, 15) is 13.2 Å². The van der Waals surface area contributed by atoms with E-state index in [1.54, 1.807) is 10.3 Å². The molecule has 0 atom stereocenters. The fourth-order valence-corrected chi connectivity index (χ4v) is 5.82. The Bertz CT molecular complexity index is 725. The number of amides is 1. The van der Waals surface area contributed by atoms with Crippen LogP contribution in [0.2, 0.25) is 0 Å². The minimum Gasteiger partial charge on any atom is -0.347 e. The molecule has 24 heavy (non-hydrogen) atoms. The number of thiophene rings is 1. The van der Waals surface area contributed by atoms with Crippen LogP contribution in [0.15, 0.2) is 16.3 Å². The first kappa shape index (κ1) is 16.5. The van der Waals surface area contributed by atoms with E-state index < -0.39 is 15.8 Å². The lowest BCUT2D eigenvalue weighted by Crippen LogP contribution is -2.47. The van der Waals surface area contributed by atoms with Crippen molar-refractivity contribution in [1.29, 1.82) is 0 Å². The summed E-state index contributed by atoms with van der Waals surface area (Å²) in [4.78, 5) is 14.9. The SMILES string of the molecule is O=C(c1sccc1S(=O)(=O)NC1CC1)N1CCC2(CC1)OCCO2. The van der Waals surface area contributed by atoms with Crippen LogP contribution in [0.5, 0.6) is 0 Å². The van der Waals surface area contributed by atoms with Crippen LogP contribution in [0.1, 0.15) is 35.4 Å². The predicted molar refractivity (Wildman–Crippen MR) is 87.4 cm³/mol. The topological polar surface area (TPSA) is 84.9 Å². The highest BCUT2D eigenvalue weighted by molar-refractivity contribution is 7.89. The molecule has 2 saturated heterocycles. The zero-order chi connectivity index (χ0) is 16.8. The second-order valence-corrected chi connectivity index (χ2v) is 9.01. The summed E-state index contributed by atoms with van der Waals surface area (Å²) in [5, 5.41) is 1.66. The van der Waals surface area contributed by atoms with Crippen molar-refractivity contribution in [3.63, 3.8) is 0 Å². The van der Waals surface area contributed by atoms with Crippen LogP contribution < -0.4 is 4.72 Å². The minimum absolute atomic E-state index is 0.0179. The number of nitrogens with one attached hydrogen (secondary N) is 1. The molecule has 4 rings (SSSR count). The van der Waals surface area contributed by atoms with E-state index in [0.717, 1.165) is 12.8 Å². The molecular weight excluding hydrogens is 352 g/mol. The Labute approximate surface area is 145 Å². The minimum atomic E-state index is -3.63. The van der Waals surface area contributed by atoms with Gasteiger partial charge in [-0.1, -0.05) is 0 Å². The molecule has 1 amide bonds. The largest absolute Gasteiger partial charge is 0.347 e. The van der Waals surface area contributed by atoms with Gasteiger partial charge in [0.25, 0.3) is 5.91 Å². The van der Waals surface area contributed by atoms with E-state index in [4.69, 9.17) is 9.47 Å². The van der Waals surface area contributed by atoms with Crippen molar-refractivity contribution >= 4 is 27.3 Å². The number of hydrogen-bond donors (Lipinski definition) is 1. The van der Waals surface area contributed by atoms with Gasteiger partial charge in [-0.05, 0) is 24.3 Å². The Morgan fingerprint density at radius 2 is 1.92 bits per heavy atom. The van der Waals surface area contributed by atoms with Crippen LogP contribution in [0, 0.1) is 0 Å². The summed E-state index contributed by atoms with van der Waals surface area (Å²) in [6.45, 7) is 2.20. The molecule has 0 unspecified atom stereocenters. The number of carbonyl (C=O) groups excluding carboxylic acids is 1. The number of ether oxygens (including phenoxy) is 2. The second-order valence-electron chi connectivity index (χ2n) is 6.41. The molecule has 1 saturated carbocycles. The highest BCUT2D eigenvalue weighted by atomic mass is 32.2. The van der Waals surface area contributed by atoms with Crippen LogP contribution in [-0.2, 0) is 19.5 Å². The van der Waals surface area contributed by atoms with E-state index in [1.807, 2.05) is 0 Å². The van der Waals surface area contributed by atoms with Gasteiger partial charge in [-0.25, -0.2) is 13.1 Å². The molecule has 1 N–H and O–H groups in total. The van der Waals surface area contributed by atoms with E-state index in [0.29, 0.717) is 39.1 Å². The average molecular weight is 372 g/mol. The molecular formula is C15H20N2O5S2. The summed E-state index contributed by atoms with van der Waals surface area (Å²) >= 11 is 1.18. The summed E-state index contributed by atoms with van der Waals surface area (Å²) in [6, 6.07) is 1.53. The molecule has 132 valence electrons. The Morgan fingerprint density at radius 1 is 1.25 bits per heavy atom. The monoisotopic (exact) mass is 372 g/mol. The molecule has 2 aliphatic heterocycles. The molecule has 3 heterocycles. The molecule has 7 nitrogen and oxygen atoms in total. The summed E-state index contributed by atoms with van der Waals surface area (Å²) < 4.78 is 38.9. The number of hydrogen-bond acceptors (Lipinski definition) is 6. The lowest BCUT2D eigenvalue weighted by atomic mass is 10.0. The Morgan fingerprint density at radius 3 is 2.54 bits per heavy atom. The first-order valence-electron chi connectivity index (χ1n) is 8.16. The van der Waals surface area contributed by atoms with E-state index in [2.05, 4.69) is 4.72 Å². The maximum Gasteiger partial charge on any atom is 0.265 e. The van der Waals surface area contributed by atoms with Gasteiger partial charge < -0.3 is 14.4 Å². The zero-order valence-electron chi connectivity index (χ0n) is 13.2. The summed E-state index contributed by atoms with van der Waals surface area (Å²) in [7, 11) is -3.63. The molecule has 3 aliphatic rings. The van der Waals surface area contributed by atoms with Crippen LogP contribution in [0.3, 0.4) is 0 Å². The van der Waals surface area contributed by atoms with Crippen molar-refractivity contribution in [3.05, 3.63) is 16.3 Å². The Kier molecular flexibility index (Phi) is 4.16. The quantitative estimate of drug-likeness (QED) is 0.858. The number of rotatable bonds is 4. The van der Waals surface area contributed by atoms with Gasteiger partial charge in [0.15, 0.2) is 5.79 Å². The van der Waals surface area contributed by atoms with Crippen molar-refractivity contribution in [2.75, 3.05) is 26.3 Å². The third-order valence-corrected chi connectivity index (χ3v) is 7.23. The molecule has 1 aromatic rings. The summed E-state index contributed by atoms with van der Waals surface area (Å²) in [6.07, 6.45) is 2.96. The number of nitrogens with zero attached hydrogens (tertiary/aromatic N) is 1. The van der Waals surface area contributed by atoms with Gasteiger partial charge in [0.2, 0.25) is 10.0 Å². The molecule has 0 aromatic carbocycles. The zero-order valence-corrected chi connectivity index (χ0v) is 14.8. The van der Waals surface area contributed by atoms with Gasteiger partial charge in [-0.2, -0.15) is 0 Å². The normalized spacial score (nSPS) is 23.8. The standard InChI is InChI=1S/C15H20N2O5S2/c18-14(17-6-4-15(5-7-17)21-8-9-22-15)13-12(3-10-23-13)24(19,20)16-11-1-2-11/h3,10-11,16H,1-2,4-9H2. The van der Waals surface area contributed by atoms with Crippen LogP contribution in [0.4, 0.5) is 0 Å². The van der Waals surface area contributed by atoms with Gasteiger partial charge in [0.05, 0.1) is 13.2 Å². The van der Waals surface area contributed by atoms with Gasteiger partial charge in [0, 0.05) is 32.0 Å². The predicted octanol–water partition coefficient (Wildman–Crippen LogP) is 1.17. The van der Waals surface area contributed by atoms with Crippen LogP contribution in [-0.4, -0.2) is 57.4 Å². The van der Waals surface area contributed by atoms with Gasteiger partial charge in [0.1, 0.15) is 9.77 Å². The first-order valence-corrected chi connectivity index (χ1v) is 10.5. The maximum absolute atomic E-state index is 12.8. The Balaban J connectivity index is 1.48. The average Bonchev–Trinajstić information content (AvgIpc) is 3.04. The number of piperidine rings is 1. The summed E-state index contributed by atoms with van der Waals surface area (Å²) in [5.41, 5.74) is 0. The highest BCUT2D eigenvalue weighted by Gasteiger charge is 2.41. The van der Waals surface area contributed by atoms with E-state index >= 15 is 0 Å². The molecule has 3 fully saturated rings. The van der Waals surface area contributed by atoms with Crippen molar-refractivity contribution < 1.29 is 22.7 Å². The third-order valence-electron chi connectivity index (χ3n) is 4.64. The molecule has 9 heteroatoms. The fourth-order valence-electron chi connectivity index (χ4n) is 3.13. The van der Waals surface area contributed by atoms with Gasteiger partial charge >= 0.3 is 0 Å². The number of carbonyl (C=O) groups is 1. The fraction of sp³-hybridized carbons (Fsp3) is 0.667. The summed E-state index contributed by atoms with van der Waals surface area (Å²) in [5.74, 6) is -0.775. The number of sulfonamides is 1. The number of likely N-dealkylation sites (tertiary alicyclic amines) is 1. The smallest absolute Gasteiger partial charge is 0.265 e. The molecule has 1 aromatic heterocycles. The van der Waals surface area contributed by atoms with Crippen LogP contribution in [0.25, 0.3) is 0 Å². The van der Waals surface area contributed by atoms with Gasteiger partial charge in [-0.3, -0.25) is 4.79 Å². The molecule has 0 radical (unpaired) electrons. The van der Waals surface area contributed by atoms with Crippen molar-refractivity contribution in [2.45, 2.75) is 42.4 Å². The molecule has 1 aliphatic carbocycles. The maximum atomic E-state index is 12.8. The first-order chi connectivity index (χ1) is 11.5. The van der Waals surface area contributed by atoms with Crippen molar-refractivity contribution in [3.8, 4) is 0 Å². The second kappa shape index (κ2) is 6.06. The highest BCUT2D eigenvalue weighted by Crippen LogP contribution is 2.33. The lowest BCUT2D eigenvalue weighted by molar-refractivity contribution is -0.181.